The van der Waals surface area contributed by atoms with Crippen LogP contribution in [0.5, 0.6) is 0 Å². The normalized spacial score (nSPS) is 24.8. The molecule has 2 rings (SSSR count). The van der Waals surface area contributed by atoms with Crippen molar-refractivity contribution >= 4 is 18.3 Å². The van der Waals surface area contributed by atoms with Crippen LogP contribution in [0.3, 0.4) is 0 Å². The second-order valence-electron chi connectivity index (χ2n) is 6.81. The Labute approximate surface area is 135 Å². The molecule has 1 aliphatic heterocycles. The molecule has 6 nitrogen and oxygen atoms in total. The molecule has 0 unspecified atom stereocenters. The monoisotopic (exact) mass is 318 g/mol. The fraction of sp³-hybridized carbons (Fsp3) is 0.471. The first kappa shape index (κ1) is 17.0. The Bertz CT molecular complexity index is 609. The lowest BCUT2D eigenvalue weighted by atomic mass is 9.91. The van der Waals surface area contributed by atoms with E-state index in [1.54, 1.807) is 0 Å². The summed E-state index contributed by atoms with van der Waals surface area (Å²) in [5, 5.41) is 2.76. The van der Waals surface area contributed by atoms with Crippen molar-refractivity contribution in [2.24, 2.45) is 0 Å². The van der Waals surface area contributed by atoms with E-state index in [1.165, 1.54) is 11.8 Å². The van der Waals surface area contributed by atoms with E-state index in [-0.39, 0.29) is 6.61 Å². The molecule has 0 radical (unpaired) electrons. The number of carbonyl (C=O) groups is 3. The number of amides is 2. The minimum atomic E-state index is -1.70. The highest BCUT2D eigenvalue weighted by Crippen LogP contribution is 2.33. The topological polar surface area (TPSA) is 75.7 Å². The van der Waals surface area contributed by atoms with Crippen LogP contribution in [0.1, 0.15) is 39.3 Å². The van der Waals surface area contributed by atoms with Gasteiger partial charge in [0.15, 0.2) is 0 Å². The summed E-state index contributed by atoms with van der Waals surface area (Å²) in [5.41, 5.74) is -1.43. The van der Waals surface area contributed by atoms with E-state index in [2.05, 4.69) is 5.32 Å². The molecule has 1 fully saturated rings. The van der Waals surface area contributed by atoms with Gasteiger partial charge in [-0.05, 0) is 33.3 Å². The molecular weight excluding hydrogens is 296 g/mol. The summed E-state index contributed by atoms with van der Waals surface area (Å²) in [4.78, 5) is 37.9. The lowest BCUT2D eigenvalue weighted by molar-refractivity contribution is -0.180. The fourth-order valence-electron chi connectivity index (χ4n) is 2.58. The minimum absolute atomic E-state index is 0.0278. The van der Waals surface area contributed by atoms with Gasteiger partial charge >= 0.3 is 5.97 Å². The number of cyclic esters (lactones) is 1. The van der Waals surface area contributed by atoms with E-state index in [4.69, 9.17) is 4.74 Å². The molecule has 1 heterocycles. The Balaban J connectivity index is 2.41. The molecule has 2 amide bonds. The zero-order valence-corrected chi connectivity index (χ0v) is 13.8. The molecule has 1 aromatic carbocycles. The van der Waals surface area contributed by atoms with Crippen molar-refractivity contribution in [1.82, 2.24) is 10.2 Å². The van der Waals surface area contributed by atoms with Crippen molar-refractivity contribution in [3.63, 3.8) is 0 Å². The molecule has 1 aliphatic rings. The molecule has 6 heteroatoms. The van der Waals surface area contributed by atoms with Gasteiger partial charge in [-0.15, -0.1) is 0 Å². The van der Waals surface area contributed by atoms with Crippen LogP contribution in [0.4, 0.5) is 0 Å². The molecule has 0 aromatic heterocycles. The van der Waals surface area contributed by atoms with E-state index < -0.39 is 29.0 Å². The number of rotatable bonds is 3. The van der Waals surface area contributed by atoms with E-state index in [9.17, 15) is 14.4 Å². The first-order valence-corrected chi connectivity index (χ1v) is 7.48. The smallest absolute Gasteiger partial charge is 0.341 e. The summed E-state index contributed by atoms with van der Waals surface area (Å²) in [6.45, 7) is 6.87. The average Bonchev–Trinajstić information content (AvgIpc) is 2.49. The van der Waals surface area contributed by atoms with Crippen LogP contribution in [0.2, 0.25) is 0 Å². The number of morpholine rings is 1. The second-order valence-corrected chi connectivity index (χ2v) is 6.81. The molecule has 1 N–H and O–H groups in total. The summed E-state index contributed by atoms with van der Waals surface area (Å²) < 4.78 is 5.23. The molecule has 0 bridgehead atoms. The van der Waals surface area contributed by atoms with Gasteiger partial charge in [-0.1, -0.05) is 30.3 Å². The quantitative estimate of drug-likeness (QED) is 0.519. The Morgan fingerprint density at radius 3 is 2.48 bits per heavy atom. The van der Waals surface area contributed by atoms with Gasteiger partial charge in [0.1, 0.15) is 6.61 Å². The van der Waals surface area contributed by atoms with Crippen LogP contribution in [-0.4, -0.2) is 40.9 Å². The van der Waals surface area contributed by atoms with Crippen LogP contribution >= 0.6 is 0 Å². The highest BCUT2D eigenvalue weighted by Gasteiger charge is 2.54. The average molecular weight is 318 g/mol. The van der Waals surface area contributed by atoms with Gasteiger partial charge < -0.3 is 15.0 Å². The summed E-state index contributed by atoms with van der Waals surface area (Å²) in [5.74, 6) is -1.28. The van der Waals surface area contributed by atoms with E-state index in [0.717, 1.165) is 5.56 Å². The number of hydrogen-bond donors (Lipinski definition) is 1. The largest absolute Gasteiger partial charge is 0.461 e. The number of ether oxygens (including phenoxy) is 1. The standard InChI is InChI=1S/C17H22N2O4/c1-16(2,3)18-14(21)17(4)15(22)23-10-13(19(17)11-20)12-8-6-5-7-9-12/h5-9,11,13H,10H2,1-4H3,(H,18,21)/t13-,17+/m1/s1. The van der Waals surface area contributed by atoms with Gasteiger partial charge in [0.25, 0.3) is 5.91 Å². The van der Waals surface area contributed by atoms with Crippen LogP contribution in [0.15, 0.2) is 30.3 Å². The number of nitrogens with one attached hydrogen (secondary N) is 1. The molecule has 0 aliphatic carbocycles. The lowest BCUT2D eigenvalue weighted by Gasteiger charge is -2.45. The van der Waals surface area contributed by atoms with Crippen molar-refractivity contribution in [3.05, 3.63) is 35.9 Å². The SMILES string of the molecule is CC(C)(C)NC(=O)[C@@]1(C)C(=O)OC[C@H](c2ccccc2)N1C=O. The van der Waals surface area contributed by atoms with E-state index >= 15 is 0 Å². The number of hydrogen-bond acceptors (Lipinski definition) is 4. The van der Waals surface area contributed by atoms with Crippen molar-refractivity contribution in [2.75, 3.05) is 6.61 Å². The number of benzene rings is 1. The predicted molar refractivity (Wildman–Crippen MR) is 84.3 cm³/mol. The zero-order valence-electron chi connectivity index (χ0n) is 13.8. The highest BCUT2D eigenvalue weighted by molar-refractivity contribution is 6.09. The van der Waals surface area contributed by atoms with Gasteiger partial charge in [-0.3, -0.25) is 9.59 Å². The van der Waals surface area contributed by atoms with Gasteiger partial charge in [0.2, 0.25) is 11.9 Å². The van der Waals surface area contributed by atoms with Crippen LogP contribution in [0.25, 0.3) is 0 Å². The van der Waals surface area contributed by atoms with Crippen LogP contribution in [0, 0.1) is 0 Å². The molecular formula is C17H22N2O4. The Kier molecular flexibility index (Phi) is 4.45. The van der Waals surface area contributed by atoms with Gasteiger partial charge in [0.05, 0.1) is 6.04 Å². The Morgan fingerprint density at radius 1 is 1.35 bits per heavy atom. The highest BCUT2D eigenvalue weighted by atomic mass is 16.5. The van der Waals surface area contributed by atoms with Crippen molar-refractivity contribution in [3.8, 4) is 0 Å². The molecule has 1 aromatic rings. The first-order valence-electron chi connectivity index (χ1n) is 7.48. The van der Waals surface area contributed by atoms with Crippen LogP contribution < -0.4 is 5.32 Å². The van der Waals surface area contributed by atoms with Gasteiger partial charge in [0, 0.05) is 5.54 Å². The number of carbonyl (C=O) groups excluding carboxylic acids is 3. The Hall–Kier alpha value is -2.37. The van der Waals surface area contributed by atoms with Gasteiger partial charge in [-0.25, -0.2) is 4.79 Å². The first-order chi connectivity index (χ1) is 10.7. The Morgan fingerprint density at radius 2 is 1.96 bits per heavy atom. The minimum Gasteiger partial charge on any atom is -0.461 e. The zero-order chi connectivity index (χ0) is 17.3. The van der Waals surface area contributed by atoms with Crippen molar-refractivity contribution in [2.45, 2.75) is 44.8 Å². The third kappa shape index (κ3) is 3.21. The number of esters is 1. The fourth-order valence-corrected chi connectivity index (χ4v) is 2.58. The second kappa shape index (κ2) is 6.02. The summed E-state index contributed by atoms with van der Waals surface area (Å²) in [6, 6.07) is 8.70. The molecule has 0 saturated carbocycles. The number of nitrogens with zero attached hydrogens (tertiary/aromatic N) is 1. The van der Waals surface area contributed by atoms with E-state index in [1.807, 2.05) is 51.1 Å². The maximum atomic E-state index is 12.7. The molecule has 2 atom stereocenters. The predicted octanol–water partition coefficient (Wildman–Crippen LogP) is 1.42. The lowest BCUT2D eigenvalue weighted by Crippen LogP contribution is -2.67. The van der Waals surface area contributed by atoms with Crippen molar-refractivity contribution < 1.29 is 19.1 Å². The molecule has 23 heavy (non-hydrogen) atoms. The summed E-state index contributed by atoms with van der Waals surface area (Å²) in [6.07, 6.45) is 0.542. The summed E-state index contributed by atoms with van der Waals surface area (Å²) >= 11 is 0. The maximum Gasteiger partial charge on any atom is 0.341 e. The van der Waals surface area contributed by atoms with E-state index in [0.29, 0.717) is 6.41 Å². The molecule has 0 spiro atoms. The van der Waals surface area contributed by atoms with Crippen molar-refractivity contribution in [1.29, 1.82) is 0 Å². The third-order valence-corrected chi connectivity index (χ3v) is 3.85. The molecule has 124 valence electrons. The molecule has 1 saturated heterocycles. The van der Waals surface area contributed by atoms with Gasteiger partial charge in [-0.2, -0.15) is 0 Å². The van der Waals surface area contributed by atoms with Crippen LogP contribution in [-0.2, 0) is 19.1 Å². The summed E-state index contributed by atoms with van der Waals surface area (Å²) in [7, 11) is 0. The third-order valence-electron chi connectivity index (χ3n) is 3.85. The maximum absolute atomic E-state index is 12.7.